The first-order valence-corrected chi connectivity index (χ1v) is 48.8. The zero-order chi connectivity index (χ0) is 99.2. The quantitative estimate of drug-likeness (QED) is 0.0201. The number of carbonyl (C=O) groups is 12. The second-order valence-electron chi connectivity index (χ2n) is 34.3. The lowest BCUT2D eigenvalue weighted by atomic mass is 9.94. The highest BCUT2D eigenvalue weighted by Crippen LogP contribution is 2.43. The van der Waals surface area contributed by atoms with Crippen LogP contribution in [0.15, 0.2) is 0 Å². The molecule has 49 heteroatoms. The van der Waals surface area contributed by atoms with E-state index >= 15 is 0 Å². The second kappa shape index (κ2) is 66.6. The summed E-state index contributed by atoms with van der Waals surface area (Å²) in [5.41, 5.74) is 0. The minimum absolute atomic E-state index is 0.0381. The van der Waals surface area contributed by atoms with Gasteiger partial charge in [0.1, 0.15) is 97.4 Å². The second-order valence-corrected chi connectivity index (χ2v) is 35.8. The van der Waals surface area contributed by atoms with Gasteiger partial charge in [-0.15, -0.1) is 0 Å². The van der Waals surface area contributed by atoms with E-state index in [-0.39, 0.29) is 173 Å². The summed E-state index contributed by atoms with van der Waals surface area (Å²) >= 11 is 0. The molecule has 48 nitrogen and oxygen atoms in total. The number of amides is 12. The van der Waals surface area contributed by atoms with Gasteiger partial charge in [0.25, 0.3) is 0 Å². The van der Waals surface area contributed by atoms with Gasteiger partial charge in [-0.25, -0.2) is 4.57 Å². The summed E-state index contributed by atoms with van der Waals surface area (Å²) in [5.74, 6) is -4.65. The molecule has 22 N–H and O–H groups in total. The minimum atomic E-state index is -4.28. The highest BCUT2D eigenvalue weighted by atomic mass is 31.2. The molecule has 5 saturated heterocycles. The Bertz CT molecular complexity index is 3560. The largest absolute Gasteiger partial charge is 0.471 e. The predicted octanol–water partition coefficient (Wildman–Crippen LogP) is -4.65. The molecule has 778 valence electrons. The molecule has 23 atom stereocenters. The molecule has 0 spiro atoms. The maximum atomic E-state index is 14.1. The Kier molecular flexibility index (Phi) is 58.4. The molecule has 0 aromatic carbocycles. The first-order valence-electron chi connectivity index (χ1n) is 47.3. The number of nitrogens with zero attached hydrogens (tertiary/aromatic N) is 1. The van der Waals surface area contributed by atoms with Crippen LogP contribution in [0.2, 0.25) is 0 Å². The predicted molar refractivity (Wildman–Crippen MR) is 475 cm³/mol. The molecular formula is C86H153N12O36P. The number of hydrogen-bond donors (Lipinski definition) is 22. The molecule has 0 aliphatic carbocycles. The van der Waals surface area contributed by atoms with E-state index < -0.39 is 204 Å². The van der Waals surface area contributed by atoms with E-state index in [0.29, 0.717) is 109 Å². The molecular weight excluding hydrogens is 1810 g/mol. The van der Waals surface area contributed by atoms with Gasteiger partial charge in [-0.05, 0) is 96.3 Å². The Labute approximate surface area is 787 Å². The molecule has 5 fully saturated rings. The summed E-state index contributed by atoms with van der Waals surface area (Å²) in [5, 5.41) is 132. The Morgan fingerprint density at radius 1 is 0.348 bits per heavy atom. The molecule has 5 heterocycles. The molecule has 5 aliphatic heterocycles. The summed E-state index contributed by atoms with van der Waals surface area (Å²) < 4.78 is 81.1. The molecule has 0 radical (unpaired) electrons. The average molecular weight is 1960 g/mol. The minimum Gasteiger partial charge on any atom is -0.394 e. The van der Waals surface area contributed by atoms with E-state index in [1.807, 2.05) is 0 Å². The third-order valence-electron chi connectivity index (χ3n) is 23.1. The molecule has 12 amide bonds. The highest BCUT2D eigenvalue weighted by molar-refractivity contribution is 7.47. The summed E-state index contributed by atoms with van der Waals surface area (Å²) in [7, 11) is -3.26. The van der Waals surface area contributed by atoms with Gasteiger partial charge in [0.15, 0.2) is 25.1 Å². The van der Waals surface area contributed by atoms with Crippen molar-refractivity contribution in [3.8, 4) is 0 Å². The van der Waals surface area contributed by atoms with Crippen LogP contribution in [0, 0.1) is 0 Å². The fourth-order valence-corrected chi connectivity index (χ4v) is 16.2. The molecule has 0 aromatic rings. The standard InChI is InChI=1S/C86H153N12O36P/c1-53(102)93-71-78(118)75(115)59(48-99)132-84(71)127-40-23-14-26-63(107)87-34-17-20-37-90-66(110)31-43-124-52-62-81(125-44-32-67(111)91-38-21-18-35-88-64(108)27-15-24-41-128-85-72(94-54(2)103)79(119)76(116)60(49-100)133-85)82(126-45-33-68(112)92-39-22-19-36-89-65(109)28-16-25-42-129-86-73(95-55(3)104)80(120)77(117)61(50-101)134-86)74(96-56(4)105)83(131-62)97-69(113)29-12-10-8-6-7-9-11-13-30-70(114)98-47-58(106)46-57(98)51-130-135(121,122)123-5/h57-62,71-86,99-101,106,115-120H,6-52H2,1-5H3,(H,87,107)(H,88,108)(H,89,109)(H,90,110)(H,91,111)(H,92,112)(H,93,102)(H,94,103)(H,95,104)(H,96,105)(H,97,113)(H,121,122)/t57-,58+,59+,60+,61+,62+,71+,72+,73+,74+,75-,76-,77-,78+,79+,80+,81+,82+,83+,84+,85+,86+/m0/s1. The number of phosphoric ester groups is 1. The van der Waals surface area contributed by atoms with Gasteiger partial charge in [-0.3, -0.25) is 66.6 Å². The molecule has 0 aromatic heterocycles. The van der Waals surface area contributed by atoms with Crippen LogP contribution in [-0.2, 0) is 119 Å². The number of ether oxygens (including phenoxy) is 10. The lowest BCUT2D eigenvalue weighted by Crippen LogP contribution is -2.69. The maximum Gasteiger partial charge on any atom is 0.471 e. The van der Waals surface area contributed by atoms with Crippen LogP contribution in [-0.4, -0.2) is 392 Å². The smallest absolute Gasteiger partial charge is 0.394 e. The number of aliphatic hydroxyl groups excluding tert-OH is 10. The Morgan fingerprint density at radius 2 is 0.674 bits per heavy atom. The number of rotatable bonds is 69. The van der Waals surface area contributed by atoms with Crippen LogP contribution in [0.4, 0.5) is 0 Å². The Balaban J connectivity index is 1.17. The zero-order valence-electron chi connectivity index (χ0n) is 78.5. The van der Waals surface area contributed by atoms with Crippen LogP contribution >= 0.6 is 7.82 Å². The number of unbranched alkanes of at least 4 members (excludes halogenated alkanes) is 13. The van der Waals surface area contributed by atoms with Crippen LogP contribution in [0.3, 0.4) is 0 Å². The molecule has 5 aliphatic rings. The van der Waals surface area contributed by atoms with E-state index in [9.17, 15) is 118 Å². The third-order valence-corrected chi connectivity index (χ3v) is 24.0. The van der Waals surface area contributed by atoms with Crippen molar-refractivity contribution in [2.75, 3.05) is 126 Å². The summed E-state index contributed by atoms with van der Waals surface area (Å²) in [4.78, 5) is 165. The van der Waals surface area contributed by atoms with E-state index in [2.05, 4.69) is 63.0 Å². The highest BCUT2D eigenvalue weighted by Gasteiger charge is 2.51. The Morgan fingerprint density at radius 3 is 1.04 bits per heavy atom. The van der Waals surface area contributed by atoms with Crippen molar-refractivity contribution in [1.29, 1.82) is 0 Å². The van der Waals surface area contributed by atoms with E-state index in [1.54, 1.807) is 0 Å². The van der Waals surface area contributed by atoms with Gasteiger partial charge in [0.2, 0.25) is 70.9 Å². The van der Waals surface area contributed by atoms with Gasteiger partial charge in [0.05, 0.1) is 65.0 Å². The number of carbonyl (C=O) groups excluding carboxylic acids is 12. The number of nitrogens with one attached hydrogen (secondary N) is 11. The van der Waals surface area contributed by atoms with Crippen LogP contribution in [0.25, 0.3) is 0 Å². The van der Waals surface area contributed by atoms with Crippen LogP contribution < -0.4 is 58.5 Å². The van der Waals surface area contributed by atoms with Crippen molar-refractivity contribution < 1.29 is 174 Å². The van der Waals surface area contributed by atoms with Gasteiger partial charge in [-0.1, -0.05) is 38.5 Å². The lowest BCUT2D eigenvalue weighted by Gasteiger charge is -2.46. The number of aliphatic hydroxyl groups is 10. The molecule has 0 bridgehead atoms. The molecule has 1 unspecified atom stereocenters. The van der Waals surface area contributed by atoms with Crippen molar-refractivity contribution in [1.82, 2.24) is 63.4 Å². The van der Waals surface area contributed by atoms with Gasteiger partial charge in [-0.2, -0.15) is 0 Å². The Hall–Kier alpha value is -7.05. The SMILES string of the molecule is COP(=O)(O)OC[C@@H]1C[C@@H](O)CN1C(=O)CCCCCCCCCCC(=O)N[C@@H]1O[C@H](COCCC(=O)NCCCCNC(=O)CCCCO[C@@H]2O[C@H](CO)[C@H](O)[C@H](O)[C@H]2NC(C)=O)[C@@H](OCCC(=O)NCCCCNC(=O)CCCCO[C@@H]2O[C@H](CO)[C@H](O)[C@H](O)[C@H]2NC(C)=O)[C@H](OCCC(=O)NCCCCNC(=O)CCCCO[C@@H]2O[C@H](CO)[C@H](O)[C@H](O)[C@H]2NC(C)=O)[C@H]1NC(C)=O. The van der Waals surface area contributed by atoms with Crippen molar-refractivity contribution in [3.63, 3.8) is 0 Å². The van der Waals surface area contributed by atoms with Gasteiger partial charge in [0, 0.05) is 152 Å². The monoisotopic (exact) mass is 1960 g/mol. The number of β-amino-alcohol motifs (C(OH)–C–C–N with tert-alkyl or cyclic N) is 1. The molecule has 5 rings (SSSR count). The van der Waals surface area contributed by atoms with Crippen molar-refractivity contribution in [3.05, 3.63) is 0 Å². The topological polar surface area (TPSA) is 691 Å². The van der Waals surface area contributed by atoms with Crippen molar-refractivity contribution >= 4 is 78.7 Å². The number of hydrogen-bond acceptors (Lipinski definition) is 35. The summed E-state index contributed by atoms with van der Waals surface area (Å²) in [6.07, 6.45) is -10.1. The first kappa shape index (κ1) is 118. The average Bonchev–Trinajstić information content (AvgIpc) is 1.46. The van der Waals surface area contributed by atoms with Crippen LogP contribution in [0.1, 0.15) is 214 Å². The first-order chi connectivity index (χ1) is 64.6. The number of phosphoric acid groups is 1. The van der Waals surface area contributed by atoms with E-state index in [4.69, 9.17) is 51.9 Å². The van der Waals surface area contributed by atoms with Crippen molar-refractivity contribution in [2.24, 2.45) is 0 Å². The van der Waals surface area contributed by atoms with Crippen molar-refractivity contribution in [2.45, 2.75) is 349 Å². The maximum absolute atomic E-state index is 14.1. The third kappa shape index (κ3) is 46.3. The number of likely N-dealkylation sites (tertiary alicyclic amines) is 1. The fraction of sp³-hybridized carbons (Fsp3) is 0.860. The summed E-state index contributed by atoms with van der Waals surface area (Å²) in [6.45, 7) is 3.72. The van der Waals surface area contributed by atoms with E-state index in [0.717, 1.165) is 39.2 Å². The summed E-state index contributed by atoms with van der Waals surface area (Å²) in [6, 6.07) is -5.09. The van der Waals surface area contributed by atoms with Crippen LogP contribution in [0.5, 0.6) is 0 Å². The zero-order valence-corrected chi connectivity index (χ0v) is 79.4. The fourth-order valence-electron chi connectivity index (χ4n) is 15.8. The normalized spacial score (nSPS) is 27.2. The van der Waals surface area contributed by atoms with Gasteiger partial charge >= 0.3 is 7.82 Å². The van der Waals surface area contributed by atoms with Gasteiger partial charge < -0.3 is 167 Å². The molecule has 0 saturated carbocycles. The molecule has 135 heavy (non-hydrogen) atoms. The van der Waals surface area contributed by atoms with E-state index in [1.165, 1.54) is 32.6 Å². The lowest BCUT2D eigenvalue weighted by molar-refractivity contribution is -0.270.